The van der Waals surface area contributed by atoms with Crippen molar-refractivity contribution in [2.45, 2.75) is 122 Å². The minimum Gasteiger partial charge on any atom is -0.480 e. The van der Waals surface area contributed by atoms with E-state index in [9.17, 15) is 14.7 Å². The summed E-state index contributed by atoms with van der Waals surface area (Å²) >= 11 is 0. The highest BCUT2D eigenvalue weighted by Gasteiger charge is 2.40. The van der Waals surface area contributed by atoms with Gasteiger partial charge in [-0.1, -0.05) is 84.0 Å². The normalized spacial score (nSPS) is 13.4. The Kier molecular flexibility index (Phi) is 16.6. The lowest BCUT2D eigenvalue weighted by atomic mass is 9.86. The smallest absolute Gasteiger partial charge is 0.331 e. The molecule has 0 aliphatic rings. The van der Waals surface area contributed by atoms with Crippen LogP contribution in [0.3, 0.4) is 0 Å². The molecule has 0 heterocycles. The molecule has 5 heteroatoms. The summed E-state index contributed by atoms with van der Waals surface area (Å²) in [5.41, 5.74) is 9.58. The van der Waals surface area contributed by atoms with E-state index in [-0.39, 0.29) is 18.6 Å². The fourth-order valence-electron chi connectivity index (χ4n) is 3.44. The van der Waals surface area contributed by atoms with Crippen LogP contribution in [-0.4, -0.2) is 28.9 Å². The van der Waals surface area contributed by atoms with Gasteiger partial charge in [0.2, 0.25) is 0 Å². The van der Waals surface area contributed by atoms with Gasteiger partial charge in [-0.25, -0.2) is 4.79 Å². The number of carbonyl (C=O) groups excluding carboxylic acids is 1. The molecule has 0 aliphatic heterocycles. The number of aliphatic carboxylic acids is 1. The van der Waals surface area contributed by atoms with Crippen LogP contribution >= 0.6 is 0 Å². The first kappa shape index (κ1) is 26.1. The van der Waals surface area contributed by atoms with Crippen LogP contribution in [0.2, 0.25) is 0 Å². The maximum absolute atomic E-state index is 12.3. The van der Waals surface area contributed by atoms with Gasteiger partial charge in [0.25, 0.3) is 0 Å². The van der Waals surface area contributed by atoms with Gasteiger partial charge in [-0.2, -0.15) is 0 Å². The molecule has 5 N–H and O–H groups in total. The van der Waals surface area contributed by atoms with E-state index in [1.165, 1.54) is 64.2 Å². The molecule has 0 bridgehead atoms. The molecular formula is C22H44N2O3. The molecular weight excluding hydrogens is 340 g/mol. The second-order valence-electron chi connectivity index (χ2n) is 7.94. The van der Waals surface area contributed by atoms with Crippen LogP contribution in [0.25, 0.3) is 0 Å². The highest BCUT2D eigenvalue weighted by atomic mass is 16.4. The Morgan fingerprint density at radius 3 is 1.59 bits per heavy atom. The van der Waals surface area contributed by atoms with Gasteiger partial charge in [0.1, 0.15) is 0 Å². The van der Waals surface area contributed by atoms with Crippen molar-refractivity contribution in [1.82, 2.24) is 0 Å². The maximum Gasteiger partial charge on any atom is 0.331 e. The van der Waals surface area contributed by atoms with Crippen molar-refractivity contribution in [2.75, 3.05) is 6.54 Å². The molecule has 0 rings (SSSR count). The molecule has 0 aliphatic carbocycles. The molecule has 0 radical (unpaired) electrons. The Bertz CT molecular complexity index is 388. The van der Waals surface area contributed by atoms with E-state index in [1.807, 2.05) is 0 Å². The van der Waals surface area contributed by atoms with Crippen LogP contribution in [0.5, 0.6) is 0 Å². The third-order valence-corrected chi connectivity index (χ3v) is 5.41. The lowest BCUT2D eigenvalue weighted by molar-refractivity contribution is -0.148. The summed E-state index contributed by atoms with van der Waals surface area (Å²) in [6, 6.07) is 0. The highest BCUT2D eigenvalue weighted by Crippen LogP contribution is 2.18. The number of ketones is 1. The average molecular weight is 385 g/mol. The van der Waals surface area contributed by atoms with E-state index in [2.05, 4.69) is 6.92 Å². The van der Waals surface area contributed by atoms with Crippen LogP contribution in [0.4, 0.5) is 0 Å². The van der Waals surface area contributed by atoms with E-state index < -0.39 is 11.5 Å². The summed E-state index contributed by atoms with van der Waals surface area (Å²) in [4.78, 5) is 23.7. The number of hydrogen-bond acceptors (Lipinski definition) is 4. The van der Waals surface area contributed by atoms with Gasteiger partial charge in [0.15, 0.2) is 11.3 Å². The first-order valence-corrected chi connectivity index (χ1v) is 11.2. The average Bonchev–Trinajstić information content (AvgIpc) is 2.65. The standard InChI is InChI=1S/C22H44N2O3/c1-2-3-4-5-6-7-8-9-10-11-12-13-14-17-20(25)22(24,21(26)27)18-15-16-19-23/h2-19,23-24H2,1H3,(H,26,27)/t22-/m1/s1. The van der Waals surface area contributed by atoms with Crippen LogP contribution in [0.15, 0.2) is 0 Å². The van der Waals surface area contributed by atoms with Gasteiger partial charge in [-0.15, -0.1) is 0 Å². The van der Waals surface area contributed by atoms with E-state index in [1.54, 1.807) is 0 Å². The molecule has 27 heavy (non-hydrogen) atoms. The van der Waals surface area contributed by atoms with E-state index in [0.717, 1.165) is 19.3 Å². The van der Waals surface area contributed by atoms with Crippen molar-refractivity contribution in [3.05, 3.63) is 0 Å². The monoisotopic (exact) mass is 384 g/mol. The quantitative estimate of drug-likeness (QED) is 0.203. The first-order valence-electron chi connectivity index (χ1n) is 11.2. The van der Waals surface area contributed by atoms with Crippen molar-refractivity contribution in [3.63, 3.8) is 0 Å². The second-order valence-corrected chi connectivity index (χ2v) is 7.94. The molecule has 1 atom stereocenters. The number of carboxylic acid groups (broad SMARTS) is 1. The molecule has 5 nitrogen and oxygen atoms in total. The Morgan fingerprint density at radius 2 is 1.19 bits per heavy atom. The van der Waals surface area contributed by atoms with Crippen LogP contribution in [0, 0.1) is 0 Å². The van der Waals surface area contributed by atoms with E-state index in [4.69, 9.17) is 11.5 Å². The number of carbonyl (C=O) groups is 2. The van der Waals surface area contributed by atoms with Crippen molar-refractivity contribution in [3.8, 4) is 0 Å². The van der Waals surface area contributed by atoms with Crippen LogP contribution in [0.1, 0.15) is 116 Å². The first-order chi connectivity index (χ1) is 13.0. The van der Waals surface area contributed by atoms with Crippen molar-refractivity contribution >= 4 is 11.8 Å². The maximum atomic E-state index is 12.3. The fraction of sp³-hybridized carbons (Fsp3) is 0.909. The minimum atomic E-state index is -1.73. The molecule has 0 fully saturated rings. The largest absolute Gasteiger partial charge is 0.480 e. The number of nitrogens with two attached hydrogens (primary N) is 2. The Morgan fingerprint density at radius 1 is 0.741 bits per heavy atom. The molecule has 0 aromatic heterocycles. The molecule has 0 aromatic rings. The molecule has 160 valence electrons. The second kappa shape index (κ2) is 17.2. The van der Waals surface area contributed by atoms with Gasteiger partial charge < -0.3 is 16.6 Å². The number of carboxylic acids is 1. The van der Waals surface area contributed by atoms with E-state index in [0.29, 0.717) is 19.4 Å². The lowest BCUT2D eigenvalue weighted by Gasteiger charge is -2.23. The lowest BCUT2D eigenvalue weighted by Crippen LogP contribution is -2.54. The summed E-state index contributed by atoms with van der Waals surface area (Å²) in [6.07, 6.45) is 17.8. The van der Waals surface area contributed by atoms with Crippen molar-refractivity contribution in [1.29, 1.82) is 0 Å². The third kappa shape index (κ3) is 13.0. The number of rotatable bonds is 20. The molecule has 0 spiro atoms. The Hall–Kier alpha value is -0.940. The zero-order chi connectivity index (χ0) is 20.4. The van der Waals surface area contributed by atoms with Gasteiger partial charge in [-0.3, -0.25) is 4.79 Å². The zero-order valence-corrected chi connectivity index (χ0v) is 17.6. The predicted molar refractivity (Wildman–Crippen MR) is 113 cm³/mol. The van der Waals surface area contributed by atoms with Crippen molar-refractivity contribution < 1.29 is 14.7 Å². The summed E-state index contributed by atoms with van der Waals surface area (Å²) < 4.78 is 0. The molecule has 0 aromatic carbocycles. The highest BCUT2D eigenvalue weighted by molar-refractivity contribution is 6.07. The van der Waals surface area contributed by atoms with Crippen molar-refractivity contribution in [2.24, 2.45) is 11.5 Å². The Balaban J connectivity index is 3.67. The summed E-state index contributed by atoms with van der Waals surface area (Å²) in [5.74, 6) is -1.55. The number of unbranched alkanes of at least 4 members (excludes halogenated alkanes) is 13. The van der Waals surface area contributed by atoms with Crippen LogP contribution in [-0.2, 0) is 9.59 Å². The van der Waals surface area contributed by atoms with Gasteiger partial charge in [-0.05, 0) is 32.2 Å². The third-order valence-electron chi connectivity index (χ3n) is 5.41. The van der Waals surface area contributed by atoms with E-state index >= 15 is 0 Å². The predicted octanol–water partition coefficient (Wildman–Crippen LogP) is 4.95. The SMILES string of the molecule is CCCCCCCCCCCCCCCC(=O)[C@](N)(CCCCN)C(=O)O. The summed E-state index contributed by atoms with van der Waals surface area (Å²) in [7, 11) is 0. The number of hydrogen-bond donors (Lipinski definition) is 3. The Labute approximate surface area is 166 Å². The number of Topliss-reactive ketones (excluding diaryl/α,β-unsaturated/α-hetero) is 1. The molecule has 0 unspecified atom stereocenters. The summed E-state index contributed by atoms with van der Waals surface area (Å²) in [5, 5.41) is 9.33. The fourth-order valence-corrected chi connectivity index (χ4v) is 3.44. The summed E-state index contributed by atoms with van der Waals surface area (Å²) in [6.45, 7) is 2.74. The zero-order valence-electron chi connectivity index (χ0n) is 17.6. The van der Waals surface area contributed by atoms with Gasteiger partial charge in [0.05, 0.1) is 0 Å². The van der Waals surface area contributed by atoms with Gasteiger partial charge >= 0.3 is 5.97 Å². The topological polar surface area (TPSA) is 106 Å². The van der Waals surface area contributed by atoms with Crippen LogP contribution < -0.4 is 11.5 Å². The molecule has 0 amide bonds. The molecule has 0 saturated heterocycles. The van der Waals surface area contributed by atoms with Gasteiger partial charge in [0, 0.05) is 6.42 Å². The minimum absolute atomic E-state index is 0.177. The molecule has 0 saturated carbocycles.